The van der Waals surface area contributed by atoms with Gasteiger partial charge in [-0.1, -0.05) is 20.8 Å². The van der Waals surface area contributed by atoms with Gasteiger partial charge in [0.25, 0.3) is 0 Å². The monoisotopic (exact) mass is 446 g/mol. The van der Waals surface area contributed by atoms with Gasteiger partial charge < -0.3 is 9.47 Å². The Morgan fingerprint density at radius 2 is 1.84 bits per heavy atom. The molecule has 0 amide bonds. The maximum absolute atomic E-state index is 13.8. The predicted molar refractivity (Wildman–Crippen MR) is 122 cm³/mol. The molecule has 5 nitrogen and oxygen atoms in total. The summed E-state index contributed by atoms with van der Waals surface area (Å²) in [5, 5.41) is 0. The Hall–Kier alpha value is -1.39. The van der Waals surface area contributed by atoms with Gasteiger partial charge >= 0.3 is 11.9 Å². The molecule has 0 heterocycles. The van der Waals surface area contributed by atoms with E-state index in [0.29, 0.717) is 48.2 Å². The molecule has 5 heteroatoms. The summed E-state index contributed by atoms with van der Waals surface area (Å²) >= 11 is 0. The Morgan fingerprint density at radius 1 is 1.09 bits per heavy atom. The van der Waals surface area contributed by atoms with Crippen molar-refractivity contribution in [3.63, 3.8) is 0 Å². The Balaban J connectivity index is 1.50. The number of carbonyl (C=O) groups is 3. The molecule has 4 fully saturated rings. The molecule has 4 aliphatic carbocycles. The molecule has 0 radical (unpaired) electrons. The van der Waals surface area contributed by atoms with E-state index in [4.69, 9.17) is 9.47 Å². The lowest BCUT2D eigenvalue weighted by atomic mass is 9.44. The van der Waals surface area contributed by atoms with Crippen molar-refractivity contribution < 1.29 is 23.9 Å². The van der Waals surface area contributed by atoms with E-state index in [9.17, 15) is 14.4 Å². The van der Waals surface area contributed by atoms with Crippen LogP contribution in [0.1, 0.15) is 91.9 Å². The zero-order chi connectivity index (χ0) is 23.3. The molecule has 0 aromatic rings. The minimum atomic E-state index is -0.185. The molecular weight excluding hydrogens is 404 g/mol. The van der Waals surface area contributed by atoms with Gasteiger partial charge in [-0.2, -0.15) is 0 Å². The highest BCUT2D eigenvalue weighted by Gasteiger charge is 2.63. The second-order valence-corrected chi connectivity index (χ2v) is 12.0. The van der Waals surface area contributed by atoms with Crippen molar-refractivity contribution in [1.82, 2.24) is 0 Å². The van der Waals surface area contributed by atoms with Crippen LogP contribution in [0.5, 0.6) is 0 Å². The zero-order valence-corrected chi connectivity index (χ0v) is 20.7. The molecule has 0 spiro atoms. The normalized spacial score (nSPS) is 44.1. The van der Waals surface area contributed by atoms with Crippen molar-refractivity contribution in [1.29, 1.82) is 0 Å². The smallest absolute Gasteiger partial charge is 0.305 e. The average Bonchev–Trinajstić information content (AvgIpc) is 3.07. The van der Waals surface area contributed by atoms with E-state index in [1.54, 1.807) is 0 Å². The Kier molecular flexibility index (Phi) is 6.50. The van der Waals surface area contributed by atoms with Crippen molar-refractivity contribution >= 4 is 17.7 Å². The predicted octanol–water partition coefficient (Wildman–Crippen LogP) is 5.35. The first kappa shape index (κ1) is 23.8. The molecule has 0 saturated heterocycles. The molecule has 0 bridgehead atoms. The van der Waals surface area contributed by atoms with Crippen LogP contribution in [0.15, 0.2) is 0 Å². The SMILES string of the molecule is COC(=O)CC[C@@H](C)[C@H]1CC[C@H]2[C@@H]3CC[C@@H]4C[C@H](OC(C)=O)CC[C@]4(C)[C@H]3C(=O)C[C@]12C. The van der Waals surface area contributed by atoms with Crippen LogP contribution < -0.4 is 0 Å². The third kappa shape index (κ3) is 3.92. The molecule has 0 N–H and O–H groups in total. The van der Waals surface area contributed by atoms with Gasteiger partial charge in [-0.3, -0.25) is 14.4 Å². The van der Waals surface area contributed by atoms with Gasteiger partial charge in [0.1, 0.15) is 11.9 Å². The van der Waals surface area contributed by atoms with E-state index in [-0.39, 0.29) is 34.8 Å². The van der Waals surface area contributed by atoms with Crippen LogP contribution in [0, 0.1) is 46.3 Å². The number of rotatable bonds is 5. The van der Waals surface area contributed by atoms with Crippen LogP contribution in [0.2, 0.25) is 0 Å². The molecule has 4 saturated carbocycles. The molecule has 9 atom stereocenters. The van der Waals surface area contributed by atoms with Crippen LogP contribution in [-0.4, -0.2) is 30.9 Å². The number of ether oxygens (including phenoxy) is 2. The maximum atomic E-state index is 13.8. The number of esters is 2. The molecule has 180 valence electrons. The second kappa shape index (κ2) is 8.76. The van der Waals surface area contributed by atoms with Crippen LogP contribution in [0.4, 0.5) is 0 Å². The summed E-state index contributed by atoms with van der Waals surface area (Å²) in [5.41, 5.74) is 0.110. The summed E-state index contributed by atoms with van der Waals surface area (Å²) in [7, 11) is 1.45. The first-order valence-corrected chi connectivity index (χ1v) is 12.9. The fourth-order valence-corrected chi connectivity index (χ4v) is 9.00. The number of fused-ring (bicyclic) bond motifs is 5. The summed E-state index contributed by atoms with van der Waals surface area (Å²) in [6.45, 7) is 8.51. The number of hydrogen-bond acceptors (Lipinski definition) is 5. The highest BCUT2D eigenvalue weighted by Crippen LogP contribution is 2.67. The number of carbonyl (C=O) groups excluding carboxylic acids is 3. The van der Waals surface area contributed by atoms with Gasteiger partial charge in [0.05, 0.1) is 7.11 Å². The quantitative estimate of drug-likeness (QED) is 0.533. The van der Waals surface area contributed by atoms with Gasteiger partial charge in [0.2, 0.25) is 0 Å². The van der Waals surface area contributed by atoms with E-state index in [0.717, 1.165) is 38.5 Å². The van der Waals surface area contributed by atoms with Gasteiger partial charge in [0, 0.05) is 25.7 Å². The lowest BCUT2D eigenvalue weighted by Crippen LogP contribution is -2.58. The lowest BCUT2D eigenvalue weighted by Gasteiger charge is -2.60. The van der Waals surface area contributed by atoms with E-state index in [1.807, 2.05) is 0 Å². The number of ketones is 1. The van der Waals surface area contributed by atoms with Crippen molar-refractivity contribution in [3.8, 4) is 0 Å². The molecule has 32 heavy (non-hydrogen) atoms. The topological polar surface area (TPSA) is 69.7 Å². The number of methoxy groups -OCH3 is 1. The van der Waals surface area contributed by atoms with Crippen LogP contribution in [-0.2, 0) is 23.9 Å². The molecule has 0 aliphatic heterocycles. The summed E-state index contributed by atoms with van der Waals surface area (Å²) in [4.78, 5) is 37.0. The van der Waals surface area contributed by atoms with Crippen LogP contribution in [0.25, 0.3) is 0 Å². The Labute approximate surface area is 193 Å². The van der Waals surface area contributed by atoms with Gasteiger partial charge in [-0.25, -0.2) is 0 Å². The van der Waals surface area contributed by atoms with Crippen molar-refractivity contribution in [3.05, 3.63) is 0 Å². The fourth-order valence-electron chi connectivity index (χ4n) is 9.00. The molecule has 0 unspecified atom stereocenters. The molecular formula is C27H42O5. The maximum Gasteiger partial charge on any atom is 0.305 e. The molecule has 4 rings (SSSR count). The standard InChI is InChI=1S/C27H42O5/c1-16(6-11-24(30)31-5)21-9-10-22-20-8-7-18-14-19(32-17(2)28)12-13-26(18,3)25(20)23(29)15-27(21,22)4/h16,18-22,25H,6-15H2,1-5H3/t16-,18-,19-,20+,21-,22+,25-,26+,27-/m1/s1. The van der Waals surface area contributed by atoms with Gasteiger partial charge in [-0.05, 0) is 91.8 Å². The third-order valence-electron chi connectivity index (χ3n) is 10.4. The zero-order valence-electron chi connectivity index (χ0n) is 20.7. The minimum absolute atomic E-state index is 0.0256. The molecule has 4 aliphatic rings. The number of Topliss-reactive ketones (excluding diaryl/α,β-unsaturated/α-hetero) is 1. The number of hydrogen-bond donors (Lipinski definition) is 0. The largest absolute Gasteiger partial charge is 0.469 e. The summed E-state index contributed by atoms with van der Waals surface area (Å²) in [6, 6.07) is 0. The molecule has 0 aromatic carbocycles. The summed E-state index contributed by atoms with van der Waals surface area (Å²) in [6.07, 6.45) is 9.51. The lowest BCUT2D eigenvalue weighted by molar-refractivity contribution is -0.169. The van der Waals surface area contributed by atoms with E-state index in [2.05, 4.69) is 20.8 Å². The summed E-state index contributed by atoms with van der Waals surface area (Å²) < 4.78 is 10.4. The molecule has 0 aromatic heterocycles. The minimum Gasteiger partial charge on any atom is -0.469 e. The average molecular weight is 447 g/mol. The second-order valence-electron chi connectivity index (χ2n) is 12.0. The van der Waals surface area contributed by atoms with Gasteiger partial charge in [0.15, 0.2) is 0 Å². The van der Waals surface area contributed by atoms with Crippen molar-refractivity contribution in [2.75, 3.05) is 7.11 Å². The van der Waals surface area contributed by atoms with Crippen LogP contribution >= 0.6 is 0 Å². The van der Waals surface area contributed by atoms with Gasteiger partial charge in [-0.15, -0.1) is 0 Å². The van der Waals surface area contributed by atoms with Crippen molar-refractivity contribution in [2.45, 2.75) is 98.0 Å². The fraction of sp³-hybridized carbons (Fsp3) is 0.889. The summed E-state index contributed by atoms with van der Waals surface area (Å²) in [5.74, 6) is 2.85. The van der Waals surface area contributed by atoms with E-state index in [1.165, 1.54) is 26.9 Å². The Bertz CT molecular complexity index is 761. The van der Waals surface area contributed by atoms with Crippen LogP contribution in [0.3, 0.4) is 0 Å². The Morgan fingerprint density at radius 3 is 2.53 bits per heavy atom. The highest BCUT2D eigenvalue weighted by atomic mass is 16.5. The van der Waals surface area contributed by atoms with Crippen molar-refractivity contribution in [2.24, 2.45) is 46.3 Å². The highest BCUT2D eigenvalue weighted by molar-refractivity contribution is 5.84. The van der Waals surface area contributed by atoms with E-state index >= 15 is 0 Å². The van der Waals surface area contributed by atoms with E-state index < -0.39 is 0 Å². The first-order chi connectivity index (χ1) is 15.1. The third-order valence-corrected chi connectivity index (χ3v) is 10.4. The first-order valence-electron chi connectivity index (χ1n) is 12.9.